The number of likely N-dealkylation sites (tertiary alicyclic amines) is 1. The molecular formula is C13H25NO3S. The second-order valence-corrected chi connectivity index (χ2v) is 5.85. The Kier molecular flexibility index (Phi) is 7.22. The maximum absolute atomic E-state index is 11.3. The molecule has 0 aromatic carbocycles. The molecule has 1 saturated heterocycles. The van der Waals surface area contributed by atoms with E-state index in [2.05, 4.69) is 24.5 Å². The van der Waals surface area contributed by atoms with Crippen molar-refractivity contribution >= 4 is 18.4 Å². The molecule has 1 heterocycles. The van der Waals surface area contributed by atoms with Crippen molar-refractivity contribution in [1.29, 1.82) is 0 Å². The third-order valence-electron chi connectivity index (χ3n) is 3.08. The highest BCUT2D eigenvalue weighted by Crippen LogP contribution is 2.16. The molecule has 0 bridgehead atoms. The van der Waals surface area contributed by atoms with Crippen molar-refractivity contribution in [3.8, 4) is 0 Å². The predicted octanol–water partition coefficient (Wildman–Crippen LogP) is 1.59. The molecule has 1 aliphatic rings. The summed E-state index contributed by atoms with van der Waals surface area (Å²) in [5, 5.41) is 0.315. The number of carbonyl (C=O) groups excluding carboxylic acids is 1. The second kappa shape index (κ2) is 8.15. The molecular weight excluding hydrogens is 250 g/mol. The number of rotatable bonds is 9. The predicted molar refractivity (Wildman–Crippen MR) is 75.0 cm³/mol. The molecule has 0 amide bonds. The lowest BCUT2D eigenvalue weighted by molar-refractivity contribution is -0.126. The number of hydrogen-bond donors (Lipinski definition) is 1. The monoisotopic (exact) mass is 275 g/mol. The molecule has 0 saturated carbocycles. The van der Waals surface area contributed by atoms with Crippen LogP contribution in [0.25, 0.3) is 0 Å². The van der Waals surface area contributed by atoms with Crippen molar-refractivity contribution in [2.45, 2.75) is 38.7 Å². The minimum absolute atomic E-state index is 0.0606. The van der Waals surface area contributed by atoms with Gasteiger partial charge in [0.15, 0.2) is 5.78 Å². The zero-order valence-corrected chi connectivity index (χ0v) is 12.5. The first-order valence-corrected chi connectivity index (χ1v) is 7.16. The normalized spacial score (nSPS) is 18.9. The first-order valence-electron chi connectivity index (χ1n) is 6.65. The third-order valence-corrected chi connectivity index (χ3v) is 3.41. The third kappa shape index (κ3) is 5.69. The quantitative estimate of drug-likeness (QED) is 0.512. The number of Topliss-reactive ketones (excluding diaryl/α,β-unsaturated/α-hetero) is 1. The van der Waals surface area contributed by atoms with Crippen LogP contribution in [0.3, 0.4) is 0 Å². The van der Waals surface area contributed by atoms with Crippen LogP contribution in [0.4, 0.5) is 0 Å². The maximum atomic E-state index is 11.3. The summed E-state index contributed by atoms with van der Waals surface area (Å²) in [6, 6.07) is 0. The largest absolute Gasteiger partial charge is 0.375 e. The van der Waals surface area contributed by atoms with Gasteiger partial charge in [-0.3, -0.25) is 9.69 Å². The van der Waals surface area contributed by atoms with E-state index < -0.39 is 0 Å². The van der Waals surface area contributed by atoms with E-state index in [0.29, 0.717) is 24.7 Å². The van der Waals surface area contributed by atoms with Crippen molar-refractivity contribution in [2.75, 3.05) is 32.9 Å². The van der Waals surface area contributed by atoms with E-state index in [0.717, 1.165) is 19.5 Å². The number of thiol groups is 1. The molecule has 0 aromatic heterocycles. The average Bonchev–Trinajstić information content (AvgIpc) is 2.23. The number of carbonyl (C=O) groups is 1. The van der Waals surface area contributed by atoms with Gasteiger partial charge < -0.3 is 9.47 Å². The van der Waals surface area contributed by atoms with Crippen molar-refractivity contribution in [3.63, 3.8) is 0 Å². The Morgan fingerprint density at radius 3 is 2.56 bits per heavy atom. The molecule has 1 rings (SSSR count). The van der Waals surface area contributed by atoms with Crippen LogP contribution in [0.2, 0.25) is 0 Å². The molecule has 5 heteroatoms. The Morgan fingerprint density at radius 2 is 2.00 bits per heavy atom. The summed E-state index contributed by atoms with van der Waals surface area (Å²) in [7, 11) is 0. The molecule has 18 heavy (non-hydrogen) atoms. The first-order chi connectivity index (χ1) is 8.50. The Balaban J connectivity index is 1.87. The van der Waals surface area contributed by atoms with Crippen molar-refractivity contribution < 1.29 is 14.3 Å². The Labute approximate surface area is 115 Å². The van der Waals surface area contributed by atoms with Crippen molar-refractivity contribution in [2.24, 2.45) is 5.92 Å². The van der Waals surface area contributed by atoms with Gasteiger partial charge >= 0.3 is 0 Å². The molecule has 0 N–H and O–H groups in total. The Morgan fingerprint density at radius 1 is 1.33 bits per heavy atom. The van der Waals surface area contributed by atoms with Crippen LogP contribution in [0.15, 0.2) is 0 Å². The Hall–Kier alpha value is -0.100. The molecule has 1 aliphatic heterocycles. The fraction of sp³-hybridized carbons (Fsp3) is 0.923. The number of nitrogens with zero attached hydrogens (tertiary/aromatic N) is 1. The van der Waals surface area contributed by atoms with Gasteiger partial charge in [0, 0.05) is 32.2 Å². The van der Waals surface area contributed by atoms with Gasteiger partial charge in [0.2, 0.25) is 0 Å². The van der Waals surface area contributed by atoms with E-state index in [4.69, 9.17) is 9.47 Å². The van der Waals surface area contributed by atoms with E-state index in [1.165, 1.54) is 0 Å². The van der Waals surface area contributed by atoms with Gasteiger partial charge in [-0.25, -0.2) is 0 Å². The van der Waals surface area contributed by atoms with E-state index in [-0.39, 0.29) is 18.3 Å². The number of hydrogen-bond acceptors (Lipinski definition) is 5. The van der Waals surface area contributed by atoms with Crippen LogP contribution in [-0.4, -0.2) is 55.1 Å². The van der Waals surface area contributed by atoms with Crippen LogP contribution >= 0.6 is 12.6 Å². The minimum atomic E-state index is 0.0606. The summed E-state index contributed by atoms with van der Waals surface area (Å²) in [4.78, 5) is 13.5. The van der Waals surface area contributed by atoms with E-state index in [9.17, 15) is 4.79 Å². The van der Waals surface area contributed by atoms with Crippen LogP contribution in [0.5, 0.6) is 0 Å². The summed E-state index contributed by atoms with van der Waals surface area (Å²) in [6.45, 7) is 9.31. The molecule has 1 atom stereocenters. The van der Waals surface area contributed by atoms with Gasteiger partial charge in [-0.2, -0.15) is 12.6 Å². The number of ether oxygens (including phenoxy) is 2. The van der Waals surface area contributed by atoms with Crippen LogP contribution < -0.4 is 0 Å². The summed E-state index contributed by atoms with van der Waals surface area (Å²) in [5.41, 5.74) is 0. The average molecular weight is 275 g/mol. The summed E-state index contributed by atoms with van der Waals surface area (Å²) in [6.07, 6.45) is 1.19. The highest BCUT2D eigenvalue weighted by Gasteiger charge is 2.29. The maximum Gasteiger partial charge on any atom is 0.160 e. The summed E-state index contributed by atoms with van der Waals surface area (Å²) < 4.78 is 11.0. The topological polar surface area (TPSA) is 38.8 Å². The zero-order valence-electron chi connectivity index (χ0n) is 11.6. The lowest BCUT2D eigenvalue weighted by Crippen LogP contribution is -2.54. The minimum Gasteiger partial charge on any atom is -0.375 e. The van der Waals surface area contributed by atoms with Gasteiger partial charge in [-0.15, -0.1) is 0 Å². The van der Waals surface area contributed by atoms with Gasteiger partial charge in [0.05, 0.1) is 11.5 Å². The van der Waals surface area contributed by atoms with Gasteiger partial charge in [0.1, 0.15) is 6.61 Å². The Bertz CT molecular complexity index is 253. The fourth-order valence-electron chi connectivity index (χ4n) is 1.63. The number of ketones is 1. The standard InChI is InChI=1S/C13H25NO3S/c1-10(2)13(15)9-16-5-4-6-17-12-7-14(8-12)11(3)18/h10-12,18H,4-9H2,1-3H3. The van der Waals surface area contributed by atoms with Gasteiger partial charge in [-0.1, -0.05) is 13.8 Å². The van der Waals surface area contributed by atoms with Gasteiger partial charge in [-0.05, 0) is 13.3 Å². The molecule has 0 spiro atoms. The fourth-order valence-corrected chi connectivity index (χ4v) is 1.82. The molecule has 1 unspecified atom stereocenters. The molecule has 4 nitrogen and oxygen atoms in total. The van der Waals surface area contributed by atoms with Crippen molar-refractivity contribution in [1.82, 2.24) is 4.90 Å². The highest BCUT2D eigenvalue weighted by atomic mass is 32.1. The first kappa shape index (κ1) is 16.0. The van der Waals surface area contributed by atoms with E-state index in [1.807, 2.05) is 13.8 Å². The molecule has 106 valence electrons. The molecule has 0 aromatic rings. The zero-order chi connectivity index (χ0) is 13.5. The summed E-state index contributed by atoms with van der Waals surface area (Å²) in [5.74, 6) is 0.221. The SMILES string of the molecule is CC(C)C(=O)COCCCOC1CN(C(C)S)C1. The highest BCUT2D eigenvalue weighted by molar-refractivity contribution is 7.80. The van der Waals surface area contributed by atoms with Crippen LogP contribution in [0, 0.1) is 5.92 Å². The second-order valence-electron chi connectivity index (χ2n) is 5.11. The summed E-state index contributed by atoms with van der Waals surface area (Å²) >= 11 is 4.36. The lowest BCUT2D eigenvalue weighted by atomic mass is 10.1. The molecule has 1 fully saturated rings. The molecule has 0 aliphatic carbocycles. The molecule has 0 radical (unpaired) electrons. The van der Waals surface area contributed by atoms with Crippen molar-refractivity contribution in [3.05, 3.63) is 0 Å². The van der Waals surface area contributed by atoms with E-state index in [1.54, 1.807) is 0 Å². The smallest absolute Gasteiger partial charge is 0.160 e. The van der Waals surface area contributed by atoms with Gasteiger partial charge in [0.25, 0.3) is 0 Å². The van der Waals surface area contributed by atoms with Crippen LogP contribution in [0.1, 0.15) is 27.2 Å². The lowest BCUT2D eigenvalue weighted by Gasteiger charge is -2.41. The van der Waals surface area contributed by atoms with E-state index >= 15 is 0 Å². The van der Waals surface area contributed by atoms with Crippen LogP contribution in [-0.2, 0) is 14.3 Å².